The fraction of sp³-hybridized carbons (Fsp3) is 0.211. The predicted molar refractivity (Wildman–Crippen MR) is 92.5 cm³/mol. The number of furan rings is 1. The summed E-state index contributed by atoms with van der Waals surface area (Å²) >= 11 is 0. The smallest absolute Gasteiger partial charge is 0.240 e. The van der Waals surface area contributed by atoms with Crippen LogP contribution in [0, 0.1) is 0 Å². The van der Waals surface area contributed by atoms with Crippen LogP contribution in [0.25, 0.3) is 11.0 Å². The first kappa shape index (κ1) is 15.2. The molecule has 1 aromatic heterocycles. The molecule has 1 heterocycles. The summed E-state index contributed by atoms with van der Waals surface area (Å²) in [4.78, 5) is 14.1. The fourth-order valence-electron chi connectivity index (χ4n) is 2.56. The number of likely N-dealkylation sites (N-methyl/N-ethyl adjacent to an activating group) is 1. The number of rotatable bonds is 5. The highest BCUT2D eigenvalue weighted by atomic mass is 16.3. The molecule has 0 radical (unpaired) electrons. The lowest BCUT2D eigenvalue weighted by Gasteiger charge is -2.20. The van der Waals surface area contributed by atoms with Gasteiger partial charge in [-0.15, -0.1) is 0 Å². The molecule has 4 heteroatoms. The van der Waals surface area contributed by atoms with Crippen molar-refractivity contribution >= 4 is 22.6 Å². The predicted octanol–water partition coefficient (Wildman–Crippen LogP) is 3.75. The number of benzene rings is 2. The Hall–Kier alpha value is -2.75. The summed E-state index contributed by atoms with van der Waals surface area (Å²) in [7, 11) is 1.90. The van der Waals surface area contributed by atoms with Crippen LogP contribution in [-0.2, 0) is 4.79 Å². The van der Waals surface area contributed by atoms with Crippen molar-refractivity contribution < 1.29 is 9.21 Å². The van der Waals surface area contributed by atoms with Gasteiger partial charge in [-0.2, -0.15) is 0 Å². The number of amides is 1. The first-order valence-electron chi connectivity index (χ1n) is 7.67. The van der Waals surface area contributed by atoms with Gasteiger partial charge in [-0.25, -0.2) is 0 Å². The van der Waals surface area contributed by atoms with Crippen LogP contribution in [0.4, 0.5) is 5.69 Å². The van der Waals surface area contributed by atoms with Gasteiger partial charge in [0.25, 0.3) is 0 Å². The number of carbonyl (C=O) groups is 1. The number of hydrogen-bond acceptors (Lipinski definition) is 3. The van der Waals surface area contributed by atoms with Crippen LogP contribution in [0.2, 0.25) is 0 Å². The van der Waals surface area contributed by atoms with Crippen molar-refractivity contribution in [1.82, 2.24) is 5.32 Å². The first-order valence-corrected chi connectivity index (χ1v) is 7.67. The van der Waals surface area contributed by atoms with Crippen molar-refractivity contribution in [1.29, 1.82) is 0 Å². The van der Waals surface area contributed by atoms with Gasteiger partial charge in [0.05, 0.1) is 12.6 Å². The molecule has 0 bridgehead atoms. The number of carbonyl (C=O) groups excluding carboxylic acids is 1. The summed E-state index contributed by atoms with van der Waals surface area (Å²) in [5.41, 5.74) is 1.85. The van der Waals surface area contributed by atoms with Crippen molar-refractivity contribution in [3.8, 4) is 0 Å². The van der Waals surface area contributed by atoms with E-state index in [2.05, 4.69) is 5.32 Å². The number of nitrogens with zero attached hydrogens (tertiary/aromatic N) is 1. The molecule has 118 valence electrons. The fourth-order valence-corrected chi connectivity index (χ4v) is 2.56. The van der Waals surface area contributed by atoms with E-state index in [4.69, 9.17) is 4.42 Å². The Morgan fingerprint density at radius 2 is 1.83 bits per heavy atom. The molecule has 1 unspecified atom stereocenters. The lowest BCUT2D eigenvalue weighted by molar-refractivity contribution is -0.120. The maximum absolute atomic E-state index is 12.2. The largest absolute Gasteiger partial charge is 0.459 e. The Labute approximate surface area is 135 Å². The molecule has 23 heavy (non-hydrogen) atoms. The van der Waals surface area contributed by atoms with Crippen molar-refractivity contribution in [3.63, 3.8) is 0 Å². The van der Waals surface area contributed by atoms with Crippen molar-refractivity contribution in [2.24, 2.45) is 0 Å². The summed E-state index contributed by atoms with van der Waals surface area (Å²) in [5, 5.41) is 4.03. The minimum Gasteiger partial charge on any atom is -0.459 e. The molecule has 0 saturated carbocycles. The normalized spacial score (nSPS) is 12.1. The second-order valence-corrected chi connectivity index (χ2v) is 5.67. The average Bonchev–Trinajstić information content (AvgIpc) is 2.99. The second kappa shape index (κ2) is 6.57. The molecule has 0 spiro atoms. The van der Waals surface area contributed by atoms with Crippen LogP contribution >= 0.6 is 0 Å². The summed E-state index contributed by atoms with van der Waals surface area (Å²) < 4.78 is 5.79. The minimum atomic E-state index is -0.168. The molecule has 2 aromatic carbocycles. The van der Waals surface area contributed by atoms with Crippen LogP contribution in [0.1, 0.15) is 18.7 Å². The zero-order chi connectivity index (χ0) is 16.2. The Morgan fingerprint density at radius 3 is 2.57 bits per heavy atom. The lowest BCUT2D eigenvalue weighted by Crippen LogP contribution is -2.36. The third kappa shape index (κ3) is 3.54. The molecule has 4 nitrogen and oxygen atoms in total. The van der Waals surface area contributed by atoms with Gasteiger partial charge in [0, 0.05) is 18.1 Å². The molecule has 0 saturated heterocycles. The quantitative estimate of drug-likeness (QED) is 0.781. The molecule has 0 aliphatic heterocycles. The first-order chi connectivity index (χ1) is 11.1. The summed E-state index contributed by atoms with van der Waals surface area (Å²) in [6, 6.07) is 19.5. The van der Waals surface area contributed by atoms with Gasteiger partial charge in [0.2, 0.25) is 5.91 Å². The minimum absolute atomic E-state index is 0.0377. The SMILES string of the molecule is CC(NC(=O)CN(C)c1ccccc1)c1cc2ccccc2o1. The maximum atomic E-state index is 12.2. The molecule has 3 aromatic rings. The van der Waals surface area contributed by atoms with E-state index < -0.39 is 0 Å². The number of para-hydroxylation sites is 2. The molecule has 1 N–H and O–H groups in total. The highest BCUT2D eigenvalue weighted by molar-refractivity contribution is 5.82. The lowest BCUT2D eigenvalue weighted by atomic mass is 10.2. The number of fused-ring (bicyclic) bond motifs is 1. The molecular formula is C19H20N2O2. The van der Waals surface area contributed by atoms with E-state index in [1.807, 2.05) is 79.5 Å². The van der Waals surface area contributed by atoms with Gasteiger partial charge in [0.15, 0.2) is 0 Å². The highest BCUT2D eigenvalue weighted by Crippen LogP contribution is 2.23. The van der Waals surface area contributed by atoms with Crippen LogP contribution < -0.4 is 10.2 Å². The van der Waals surface area contributed by atoms with Crippen molar-refractivity contribution in [2.75, 3.05) is 18.5 Å². The Balaban J connectivity index is 1.63. The van der Waals surface area contributed by atoms with E-state index in [0.717, 1.165) is 22.4 Å². The Kier molecular flexibility index (Phi) is 4.33. The number of hydrogen-bond donors (Lipinski definition) is 1. The number of nitrogens with one attached hydrogen (secondary N) is 1. The molecule has 1 atom stereocenters. The van der Waals surface area contributed by atoms with E-state index in [1.165, 1.54) is 0 Å². The van der Waals surface area contributed by atoms with Crippen LogP contribution in [0.3, 0.4) is 0 Å². The second-order valence-electron chi connectivity index (χ2n) is 5.67. The average molecular weight is 308 g/mol. The van der Waals surface area contributed by atoms with E-state index in [9.17, 15) is 4.79 Å². The summed E-state index contributed by atoms with van der Waals surface area (Å²) in [6.07, 6.45) is 0. The van der Waals surface area contributed by atoms with Crippen LogP contribution in [0.5, 0.6) is 0 Å². The zero-order valence-corrected chi connectivity index (χ0v) is 13.3. The van der Waals surface area contributed by atoms with Gasteiger partial charge >= 0.3 is 0 Å². The van der Waals surface area contributed by atoms with E-state index in [-0.39, 0.29) is 11.9 Å². The molecule has 0 fully saturated rings. The highest BCUT2D eigenvalue weighted by Gasteiger charge is 2.15. The third-order valence-electron chi connectivity index (χ3n) is 3.83. The van der Waals surface area contributed by atoms with Crippen molar-refractivity contribution in [2.45, 2.75) is 13.0 Å². The number of anilines is 1. The van der Waals surface area contributed by atoms with E-state index >= 15 is 0 Å². The monoisotopic (exact) mass is 308 g/mol. The van der Waals surface area contributed by atoms with Gasteiger partial charge < -0.3 is 14.6 Å². The maximum Gasteiger partial charge on any atom is 0.240 e. The Morgan fingerprint density at radius 1 is 1.13 bits per heavy atom. The molecule has 0 aliphatic carbocycles. The van der Waals surface area contributed by atoms with Gasteiger partial charge in [-0.3, -0.25) is 4.79 Å². The van der Waals surface area contributed by atoms with Gasteiger partial charge in [-0.1, -0.05) is 36.4 Å². The van der Waals surface area contributed by atoms with Gasteiger partial charge in [-0.05, 0) is 31.2 Å². The van der Waals surface area contributed by atoms with Crippen LogP contribution in [0.15, 0.2) is 65.1 Å². The molecule has 3 rings (SSSR count). The summed E-state index contributed by atoms with van der Waals surface area (Å²) in [6.45, 7) is 2.23. The standard InChI is InChI=1S/C19H20N2O2/c1-14(18-12-15-8-6-7-11-17(15)23-18)20-19(22)13-21(2)16-9-4-3-5-10-16/h3-12,14H,13H2,1-2H3,(H,20,22). The Bertz CT molecular complexity index is 762. The van der Waals surface area contributed by atoms with Gasteiger partial charge in [0.1, 0.15) is 11.3 Å². The molecular weight excluding hydrogens is 288 g/mol. The van der Waals surface area contributed by atoms with Crippen molar-refractivity contribution in [3.05, 3.63) is 66.4 Å². The third-order valence-corrected chi connectivity index (χ3v) is 3.83. The zero-order valence-electron chi connectivity index (χ0n) is 13.3. The van der Waals surface area contributed by atoms with Crippen LogP contribution in [-0.4, -0.2) is 19.5 Å². The molecule has 0 aliphatic rings. The van der Waals surface area contributed by atoms with E-state index in [1.54, 1.807) is 0 Å². The molecule has 1 amide bonds. The summed E-state index contributed by atoms with van der Waals surface area (Å²) in [5.74, 6) is 0.728. The van der Waals surface area contributed by atoms with E-state index in [0.29, 0.717) is 6.54 Å². The topological polar surface area (TPSA) is 45.5 Å².